The first-order valence-corrected chi connectivity index (χ1v) is 8.51. The molecule has 1 aromatic carbocycles. The average molecular weight is 338 g/mol. The van der Waals surface area contributed by atoms with E-state index in [0.717, 1.165) is 0 Å². The van der Waals surface area contributed by atoms with Gasteiger partial charge in [-0.1, -0.05) is 6.08 Å². The minimum Gasteiger partial charge on any atom is -0.481 e. The van der Waals surface area contributed by atoms with Crippen molar-refractivity contribution in [3.8, 4) is 0 Å². The van der Waals surface area contributed by atoms with E-state index in [4.69, 9.17) is 5.11 Å². The van der Waals surface area contributed by atoms with Crippen LogP contribution in [0, 0.1) is 5.41 Å². The van der Waals surface area contributed by atoms with Crippen LogP contribution < -0.4 is 10.0 Å². The summed E-state index contributed by atoms with van der Waals surface area (Å²) in [5.41, 5.74) is -0.568. The Morgan fingerprint density at radius 3 is 2.35 bits per heavy atom. The molecular formula is C15H18N2O5S. The van der Waals surface area contributed by atoms with Gasteiger partial charge in [-0.3, -0.25) is 9.59 Å². The Labute approximate surface area is 134 Å². The lowest BCUT2D eigenvalue weighted by Crippen LogP contribution is -2.34. The SMILES string of the molecule is C=CCNS(=O)(=O)c1ccc(C(=O)NCC2(C(=O)O)CC2)cc1. The van der Waals surface area contributed by atoms with Crippen LogP contribution in [0.2, 0.25) is 0 Å². The summed E-state index contributed by atoms with van der Waals surface area (Å²) in [7, 11) is -3.63. The van der Waals surface area contributed by atoms with E-state index < -0.39 is 27.3 Å². The van der Waals surface area contributed by atoms with E-state index in [1.807, 2.05) is 0 Å². The highest BCUT2D eigenvalue weighted by atomic mass is 32.2. The summed E-state index contributed by atoms with van der Waals surface area (Å²) in [6.45, 7) is 3.62. The summed E-state index contributed by atoms with van der Waals surface area (Å²) < 4.78 is 26.1. The lowest BCUT2D eigenvalue weighted by molar-refractivity contribution is -0.143. The third-order valence-corrected chi connectivity index (χ3v) is 5.18. The Bertz CT molecular complexity index is 721. The molecule has 2 rings (SSSR count). The second-order valence-corrected chi connectivity index (χ2v) is 7.20. The van der Waals surface area contributed by atoms with E-state index >= 15 is 0 Å². The Balaban J connectivity index is 2.00. The van der Waals surface area contributed by atoms with Crippen LogP contribution in [0.3, 0.4) is 0 Å². The quantitative estimate of drug-likeness (QED) is 0.605. The second kappa shape index (κ2) is 6.51. The number of aliphatic carboxylic acids is 1. The number of hydrogen-bond donors (Lipinski definition) is 3. The monoisotopic (exact) mass is 338 g/mol. The van der Waals surface area contributed by atoms with Gasteiger partial charge >= 0.3 is 5.97 Å². The Morgan fingerprint density at radius 2 is 1.87 bits per heavy atom. The molecule has 1 saturated carbocycles. The molecule has 8 heteroatoms. The van der Waals surface area contributed by atoms with Crippen molar-refractivity contribution in [2.75, 3.05) is 13.1 Å². The predicted octanol–water partition coefficient (Wildman–Crippen LogP) is 0.746. The summed E-state index contributed by atoms with van der Waals surface area (Å²) in [6, 6.07) is 5.42. The Hall–Kier alpha value is -2.19. The van der Waals surface area contributed by atoms with Crippen LogP contribution in [0.1, 0.15) is 23.2 Å². The van der Waals surface area contributed by atoms with Gasteiger partial charge in [-0.25, -0.2) is 13.1 Å². The molecule has 124 valence electrons. The molecule has 0 atom stereocenters. The van der Waals surface area contributed by atoms with E-state index in [1.54, 1.807) is 0 Å². The molecule has 3 N–H and O–H groups in total. The van der Waals surface area contributed by atoms with Crippen LogP contribution in [-0.2, 0) is 14.8 Å². The molecule has 0 spiro atoms. The molecule has 0 unspecified atom stereocenters. The lowest BCUT2D eigenvalue weighted by atomic mass is 10.1. The van der Waals surface area contributed by atoms with Crippen molar-refractivity contribution in [1.82, 2.24) is 10.0 Å². The van der Waals surface area contributed by atoms with Gasteiger partial charge in [0, 0.05) is 18.7 Å². The average Bonchev–Trinajstić information content (AvgIpc) is 3.32. The summed E-state index contributed by atoms with van der Waals surface area (Å²) in [5, 5.41) is 11.6. The fourth-order valence-corrected chi connectivity index (χ4v) is 3.00. The van der Waals surface area contributed by atoms with Crippen molar-refractivity contribution < 1.29 is 23.1 Å². The van der Waals surface area contributed by atoms with Gasteiger partial charge in [0.2, 0.25) is 10.0 Å². The molecule has 0 aromatic heterocycles. The third-order valence-electron chi connectivity index (χ3n) is 3.74. The highest BCUT2D eigenvalue weighted by Gasteiger charge is 2.50. The highest BCUT2D eigenvalue weighted by molar-refractivity contribution is 7.89. The van der Waals surface area contributed by atoms with Gasteiger partial charge in [0.15, 0.2) is 0 Å². The van der Waals surface area contributed by atoms with Crippen LogP contribution in [0.25, 0.3) is 0 Å². The fourth-order valence-electron chi connectivity index (χ4n) is 2.01. The molecule has 1 aliphatic rings. The topological polar surface area (TPSA) is 113 Å². The molecule has 1 amide bonds. The number of nitrogens with one attached hydrogen (secondary N) is 2. The normalized spacial score (nSPS) is 15.7. The maximum Gasteiger partial charge on any atom is 0.311 e. The number of benzene rings is 1. The van der Waals surface area contributed by atoms with Crippen LogP contribution in [0.4, 0.5) is 0 Å². The van der Waals surface area contributed by atoms with E-state index in [1.165, 1.54) is 30.3 Å². The van der Waals surface area contributed by atoms with Crippen LogP contribution in [0.15, 0.2) is 41.8 Å². The maximum absolute atomic E-state index is 12.0. The fraction of sp³-hybridized carbons (Fsp3) is 0.333. The minimum atomic E-state index is -3.63. The van der Waals surface area contributed by atoms with E-state index in [-0.39, 0.29) is 23.5 Å². The van der Waals surface area contributed by atoms with Gasteiger partial charge in [0.1, 0.15) is 0 Å². The number of carbonyl (C=O) groups is 2. The van der Waals surface area contributed by atoms with Crippen molar-refractivity contribution in [3.63, 3.8) is 0 Å². The Kier molecular flexibility index (Phi) is 4.86. The Morgan fingerprint density at radius 1 is 1.26 bits per heavy atom. The first-order valence-electron chi connectivity index (χ1n) is 7.03. The molecule has 0 aliphatic heterocycles. The van der Waals surface area contributed by atoms with Crippen molar-refractivity contribution >= 4 is 21.9 Å². The van der Waals surface area contributed by atoms with Crippen molar-refractivity contribution in [1.29, 1.82) is 0 Å². The van der Waals surface area contributed by atoms with E-state index in [9.17, 15) is 18.0 Å². The van der Waals surface area contributed by atoms with Gasteiger partial charge < -0.3 is 10.4 Å². The second-order valence-electron chi connectivity index (χ2n) is 5.43. The molecule has 1 fully saturated rings. The number of rotatable bonds is 8. The van der Waals surface area contributed by atoms with E-state index in [0.29, 0.717) is 12.8 Å². The highest BCUT2D eigenvalue weighted by Crippen LogP contribution is 2.45. The van der Waals surface area contributed by atoms with Gasteiger partial charge in [0.05, 0.1) is 10.3 Å². The molecular weight excluding hydrogens is 320 g/mol. The number of sulfonamides is 1. The summed E-state index contributed by atoms with van der Waals surface area (Å²) in [4.78, 5) is 23.1. The first-order chi connectivity index (χ1) is 10.8. The number of carbonyl (C=O) groups excluding carboxylic acids is 1. The molecule has 23 heavy (non-hydrogen) atoms. The number of hydrogen-bond acceptors (Lipinski definition) is 4. The van der Waals surface area contributed by atoms with Gasteiger partial charge in [-0.2, -0.15) is 0 Å². The first kappa shape index (κ1) is 17.2. The zero-order valence-electron chi connectivity index (χ0n) is 12.4. The number of carboxylic acids is 1. The molecule has 0 heterocycles. The molecule has 7 nitrogen and oxygen atoms in total. The van der Waals surface area contributed by atoms with E-state index in [2.05, 4.69) is 16.6 Å². The summed E-state index contributed by atoms with van der Waals surface area (Å²) >= 11 is 0. The summed E-state index contributed by atoms with van der Waals surface area (Å²) in [6.07, 6.45) is 2.53. The predicted molar refractivity (Wildman–Crippen MR) is 83.5 cm³/mol. The van der Waals surface area contributed by atoms with Gasteiger partial charge in [-0.05, 0) is 37.1 Å². The maximum atomic E-state index is 12.0. The van der Waals surface area contributed by atoms with Crippen LogP contribution in [-0.4, -0.2) is 38.5 Å². The number of carboxylic acid groups (broad SMARTS) is 1. The zero-order chi connectivity index (χ0) is 17.1. The molecule has 0 radical (unpaired) electrons. The van der Waals surface area contributed by atoms with Crippen LogP contribution in [0.5, 0.6) is 0 Å². The molecule has 1 aromatic rings. The minimum absolute atomic E-state index is 0.0418. The third kappa shape index (κ3) is 3.96. The standard InChI is InChI=1S/C15H18N2O5S/c1-2-9-17-23(21,22)12-5-3-11(4-6-12)13(18)16-10-15(7-8-15)14(19)20/h2-6,17H,1,7-10H2,(H,16,18)(H,19,20). The largest absolute Gasteiger partial charge is 0.481 e. The van der Waals surface area contributed by atoms with Crippen molar-refractivity contribution in [3.05, 3.63) is 42.5 Å². The lowest BCUT2D eigenvalue weighted by Gasteiger charge is -2.11. The zero-order valence-corrected chi connectivity index (χ0v) is 13.2. The molecule has 0 saturated heterocycles. The van der Waals surface area contributed by atoms with Gasteiger partial charge in [-0.15, -0.1) is 6.58 Å². The molecule has 0 bridgehead atoms. The van der Waals surface area contributed by atoms with Gasteiger partial charge in [0.25, 0.3) is 5.91 Å². The molecule has 1 aliphatic carbocycles. The smallest absolute Gasteiger partial charge is 0.311 e. The van der Waals surface area contributed by atoms with Crippen molar-refractivity contribution in [2.45, 2.75) is 17.7 Å². The summed E-state index contributed by atoms with van der Waals surface area (Å²) in [5.74, 6) is -1.34. The van der Waals surface area contributed by atoms with Crippen LogP contribution >= 0.6 is 0 Å². The number of amides is 1. The van der Waals surface area contributed by atoms with Crippen molar-refractivity contribution in [2.24, 2.45) is 5.41 Å².